The molecule has 0 N–H and O–H groups in total. The van der Waals surface area contributed by atoms with Crippen LogP contribution in [0.2, 0.25) is 19.6 Å². The van der Waals surface area contributed by atoms with E-state index < -0.39 is 8.07 Å². The van der Waals surface area contributed by atoms with Gasteiger partial charge in [0.25, 0.3) is 0 Å². The van der Waals surface area contributed by atoms with Gasteiger partial charge in [0.2, 0.25) is 0 Å². The Bertz CT molecular complexity index is 981. The van der Waals surface area contributed by atoms with Crippen LogP contribution < -0.4 is 5.32 Å². The van der Waals surface area contributed by atoms with E-state index in [0.717, 1.165) is 27.6 Å². The minimum Gasteiger partial charge on any atom is -0.513 e. The third kappa shape index (κ3) is 2.59. The van der Waals surface area contributed by atoms with Crippen molar-refractivity contribution in [1.29, 1.82) is 0 Å². The zero-order valence-electron chi connectivity index (χ0n) is 13.3. The van der Waals surface area contributed by atoms with Crippen LogP contribution >= 0.6 is 0 Å². The van der Waals surface area contributed by atoms with Crippen molar-refractivity contribution in [2.24, 2.45) is 0 Å². The molecule has 0 saturated carbocycles. The molecule has 0 aliphatic carbocycles. The van der Waals surface area contributed by atoms with E-state index in [0.29, 0.717) is 0 Å². The van der Waals surface area contributed by atoms with Gasteiger partial charge in [0.05, 0.1) is 0 Å². The second kappa shape index (κ2) is 5.75. The Hall–Kier alpha value is -1.68. The average molecular weight is 498 g/mol. The summed E-state index contributed by atoms with van der Waals surface area (Å²) < 4.78 is 8.10. The molecule has 4 rings (SSSR count). The maximum absolute atomic E-state index is 6.10. The maximum atomic E-state index is 6.10. The summed E-state index contributed by atoms with van der Waals surface area (Å²) in [6.07, 6.45) is 1.86. The molecule has 5 heteroatoms. The number of fused-ring (bicyclic) bond motifs is 3. The zero-order chi connectivity index (χ0) is 15.3. The Morgan fingerprint density at radius 3 is 2.61 bits per heavy atom. The van der Waals surface area contributed by atoms with Crippen molar-refractivity contribution in [3.8, 4) is 5.69 Å². The predicted octanol–water partition coefficient (Wildman–Crippen LogP) is 4.11. The number of nitrogens with zero attached hydrogens (tertiary/aromatic N) is 2. The van der Waals surface area contributed by atoms with Gasteiger partial charge in [-0.15, -0.1) is 0 Å². The largest absolute Gasteiger partial charge is 0.513 e. The second-order valence-electron chi connectivity index (χ2n) is 6.55. The van der Waals surface area contributed by atoms with Crippen LogP contribution in [0.25, 0.3) is 27.6 Å². The molecule has 119 valence electrons. The monoisotopic (exact) mass is 498 g/mol. The van der Waals surface area contributed by atoms with Gasteiger partial charge < -0.3 is 4.42 Å². The van der Waals surface area contributed by atoms with E-state index in [4.69, 9.17) is 4.42 Å². The molecule has 0 amide bonds. The minimum atomic E-state index is -1.50. The number of furan rings is 1. The Labute approximate surface area is 149 Å². The third-order valence-corrected chi connectivity index (χ3v) is 5.86. The van der Waals surface area contributed by atoms with Crippen LogP contribution in [0, 0.1) is 6.07 Å². The molecule has 3 nitrogen and oxygen atoms in total. The van der Waals surface area contributed by atoms with Crippen LogP contribution in [0.4, 0.5) is 0 Å². The number of aromatic nitrogens is 2. The van der Waals surface area contributed by atoms with Crippen molar-refractivity contribution in [1.82, 2.24) is 9.78 Å². The molecular formula is C18H17IrN2OSi-. The normalized spacial score (nSPS) is 11.8. The van der Waals surface area contributed by atoms with Crippen molar-refractivity contribution in [2.75, 3.05) is 0 Å². The standard InChI is InChI=1S/C18H17N2OSi.Ir/c1-22(2,3)17-11-12-19-20(17)15-9-6-8-14-13-7-4-5-10-16(13)21-18(14)15;/h4-8,10-12H,1-3H3;/q-1;. The van der Waals surface area contributed by atoms with E-state index in [1.807, 2.05) is 35.1 Å². The topological polar surface area (TPSA) is 31.0 Å². The van der Waals surface area contributed by atoms with Crippen molar-refractivity contribution < 1.29 is 24.5 Å². The molecule has 0 atom stereocenters. The zero-order valence-corrected chi connectivity index (χ0v) is 16.6. The summed E-state index contributed by atoms with van der Waals surface area (Å²) >= 11 is 0. The third-order valence-electron chi connectivity index (χ3n) is 3.94. The van der Waals surface area contributed by atoms with Crippen LogP contribution in [0.3, 0.4) is 0 Å². The fraction of sp³-hybridized carbons (Fsp3) is 0.167. The summed E-state index contributed by atoms with van der Waals surface area (Å²) in [6, 6.07) is 17.6. The smallest absolute Gasteiger partial charge is 0.116 e. The second-order valence-corrected chi connectivity index (χ2v) is 11.6. The fourth-order valence-corrected chi connectivity index (χ4v) is 4.26. The molecule has 0 aliphatic heterocycles. The number of hydrogen-bond acceptors (Lipinski definition) is 2. The Balaban J connectivity index is 0.00000156. The number of para-hydroxylation sites is 1. The van der Waals surface area contributed by atoms with Gasteiger partial charge in [0.1, 0.15) is 13.7 Å². The first-order valence-corrected chi connectivity index (χ1v) is 10.9. The Morgan fingerprint density at radius 1 is 1.04 bits per heavy atom. The van der Waals surface area contributed by atoms with E-state index >= 15 is 0 Å². The van der Waals surface area contributed by atoms with Gasteiger partial charge in [0.15, 0.2) is 0 Å². The van der Waals surface area contributed by atoms with Gasteiger partial charge in [0, 0.05) is 42.6 Å². The summed E-state index contributed by atoms with van der Waals surface area (Å²) in [5.74, 6) is 0. The molecule has 2 aromatic heterocycles. The van der Waals surface area contributed by atoms with E-state index in [-0.39, 0.29) is 20.1 Å². The van der Waals surface area contributed by atoms with Crippen molar-refractivity contribution in [3.05, 3.63) is 54.7 Å². The first-order chi connectivity index (χ1) is 10.6. The molecule has 0 aliphatic rings. The van der Waals surface area contributed by atoms with E-state index in [1.165, 1.54) is 5.32 Å². The number of hydrogen-bond donors (Lipinski definition) is 0. The molecular weight excluding hydrogens is 481 g/mol. The summed E-state index contributed by atoms with van der Waals surface area (Å²) in [5.41, 5.74) is 2.66. The first kappa shape index (κ1) is 16.2. The van der Waals surface area contributed by atoms with Gasteiger partial charge in [-0.3, -0.25) is 4.68 Å². The number of benzene rings is 2. The first-order valence-electron chi connectivity index (χ1n) is 7.42. The predicted molar refractivity (Wildman–Crippen MR) is 92.7 cm³/mol. The molecule has 0 unspecified atom stereocenters. The van der Waals surface area contributed by atoms with Crippen LogP contribution in [-0.4, -0.2) is 17.9 Å². The van der Waals surface area contributed by atoms with Crippen molar-refractivity contribution in [3.63, 3.8) is 0 Å². The molecule has 0 bridgehead atoms. The van der Waals surface area contributed by atoms with Crippen molar-refractivity contribution >= 4 is 35.3 Å². The van der Waals surface area contributed by atoms with E-state index in [2.05, 4.69) is 49.0 Å². The van der Waals surface area contributed by atoms with E-state index in [1.54, 1.807) is 0 Å². The van der Waals surface area contributed by atoms with Gasteiger partial charge in [-0.25, -0.2) is 0 Å². The summed E-state index contributed by atoms with van der Waals surface area (Å²) in [5, 5.41) is 8.05. The van der Waals surface area contributed by atoms with Crippen LogP contribution in [0.1, 0.15) is 0 Å². The summed E-state index contributed by atoms with van der Waals surface area (Å²) in [6.45, 7) is 6.96. The SMILES string of the molecule is C[Si](C)(C)c1ccnn1-c1[c-]ccc2c1oc1ccccc12.[Ir]. The Kier molecular flexibility index (Phi) is 4.04. The van der Waals surface area contributed by atoms with Gasteiger partial charge in [-0.2, -0.15) is 23.3 Å². The van der Waals surface area contributed by atoms with Crippen LogP contribution in [-0.2, 0) is 20.1 Å². The van der Waals surface area contributed by atoms with Gasteiger partial charge in [-0.1, -0.05) is 43.2 Å². The summed E-state index contributed by atoms with van der Waals surface area (Å²) in [4.78, 5) is 0. The van der Waals surface area contributed by atoms with E-state index in [9.17, 15) is 0 Å². The van der Waals surface area contributed by atoms with Crippen molar-refractivity contribution in [2.45, 2.75) is 19.6 Å². The fourth-order valence-electron chi connectivity index (χ4n) is 2.88. The average Bonchev–Trinajstić information content (AvgIpc) is 3.11. The van der Waals surface area contributed by atoms with Crippen LogP contribution in [0.15, 0.2) is 53.1 Å². The minimum absolute atomic E-state index is 0. The maximum Gasteiger partial charge on any atom is 0.116 e. The number of rotatable bonds is 2. The molecule has 1 radical (unpaired) electrons. The van der Waals surface area contributed by atoms with Crippen LogP contribution in [0.5, 0.6) is 0 Å². The molecule has 0 fully saturated rings. The summed E-state index contributed by atoms with van der Waals surface area (Å²) in [7, 11) is -1.50. The quantitative estimate of drug-likeness (QED) is 0.308. The van der Waals surface area contributed by atoms with Gasteiger partial charge in [-0.05, 0) is 17.8 Å². The molecule has 2 aromatic carbocycles. The molecule has 2 heterocycles. The Morgan fingerprint density at radius 2 is 1.83 bits per heavy atom. The molecule has 0 saturated heterocycles. The molecule has 23 heavy (non-hydrogen) atoms. The molecule has 0 spiro atoms. The van der Waals surface area contributed by atoms with Gasteiger partial charge >= 0.3 is 0 Å². The molecule has 4 aromatic rings.